The predicted molar refractivity (Wildman–Crippen MR) is 89.7 cm³/mol. The highest BCUT2D eigenvalue weighted by atomic mass is 16.3. The summed E-state index contributed by atoms with van der Waals surface area (Å²) in [6.07, 6.45) is 14.6. The van der Waals surface area contributed by atoms with Gasteiger partial charge in [0.05, 0.1) is 6.10 Å². The first-order chi connectivity index (χ1) is 10.6. The first kappa shape index (κ1) is 17.1. The fourth-order valence-electron chi connectivity index (χ4n) is 3.31. The van der Waals surface area contributed by atoms with Crippen LogP contribution in [0.15, 0.2) is 23.8 Å². The van der Waals surface area contributed by atoms with E-state index in [0.29, 0.717) is 5.92 Å². The Kier molecular flexibility index (Phi) is 6.97. The highest BCUT2D eigenvalue weighted by Crippen LogP contribution is 2.24. The normalized spacial score (nSPS) is 28.1. The number of carbonyl (C=O) groups is 1. The molecule has 4 heteroatoms. The maximum Gasteiger partial charge on any atom is 0.315 e. The molecule has 4 nitrogen and oxygen atoms in total. The lowest BCUT2D eigenvalue weighted by molar-refractivity contribution is 0.0890. The number of allylic oxidation sites excluding steroid dienone is 4. The van der Waals surface area contributed by atoms with E-state index in [-0.39, 0.29) is 18.2 Å². The zero-order valence-electron chi connectivity index (χ0n) is 13.7. The summed E-state index contributed by atoms with van der Waals surface area (Å²) in [5.41, 5.74) is 1.44. The number of unbranched alkanes of at least 4 members (excludes halogenated alkanes) is 1. The number of amides is 2. The van der Waals surface area contributed by atoms with E-state index < -0.39 is 0 Å². The molecule has 0 heterocycles. The van der Waals surface area contributed by atoms with Crippen molar-refractivity contribution in [2.75, 3.05) is 6.54 Å². The van der Waals surface area contributed by atoms with Crippen LogP contribution in [0.3, 0.4) is 0 Å². The average Bonchev–Trinajstić information content (AvgIpc) is 2.51. The standard InChI is InChI=1S/C18H30N2O2/c1-14-13-16(21)10-11-17(14)20-18(22)19-12-6-5-9-15-7-3-2-4-8-15/h3,7-8,14,16-17,21H,2,4-6,9-13H2,1H3,(H2,19,20,22). The zero-order chi connectivity index (χ0) is 15.8. The van der Waals surface area contributed by atoms with Crippen LogP contribution < -0.4 is 10.6 Å². The van der Waals surface area contributed by atoms with E-state index in [1.54, 1.807) is 0 Å². The summed E-state index contributed by atoms with van der Waals surface area (Å²) < 4.78 is 0. The molecule has 1 saturated carbocycles. The molecule has 0 aromatic heterocycles. The minimum absolute atomic E-state index is 0.0648. The minimum atomic E-state index is -0.195. The van der Waals surface area contributed by atoms with Gasteiger partial charge in [-0.2, -0.15) is 0 Å². The van der Waals surface area contributed by atoms with E-state index in [1.165, 1.54) is 18.4 Å². The van der Waals surface area contributed by atoms with Crippen LogP contribution in [-0.4, -0.2) is 29.8 Å². The molecule has 124 valence electrons. The van der Waals surface area contributed by atoms with Crippen LogP contribution in [0.4, 0.5) is 4.79 Å². The lowest BCUT2D eigenvalue weighted by atomic mass is 9.84. The van der Waals surface area contributed by atoms with E-state index in [1.807, 2.05) is 0 Å². The first-order valence-corrected chi connectivity index (χ1v) is 8.73. The third-order valence-electron chi connectivity index (χ3n) is 4.71. The number of nitrogens with one attached hydrogen (secondary N) is 2. The van der Waals surface area contributed by atoms with Gasteiger partial charge >= 0.3 is 6.03 Å². The number of hydrogen-bond acceptors (Lipinski definition) is 2. The van der Waals surface area contributed by atoms with Crippen molar-refractivity contribution < 1.29 is 9.90 Å². The number of hydrogen-bond donors (Lipinski definition) is 3. The van der Waals surface area contributed by atoms with Gasteiger partial charge in [-0.1, -0.05) is 30.7 Å². The van der Waals surface area contributed by atoms with Crippen molar-refractivity contribution in [3.05, 3.63) is 23.8 Å². The molecule has 0 aromatic carbocycles. The molecule has 0 spiro atoms. The molecule has 3 N–H and O–H groups in total. The summed E-state index contributed by atoms with van der Waals surface area (Å²) >= 11 is 0. The first-order valence-electron chi connectivity index (χ1n) is 8.73. The molecular formula is C18H30N2O2. The van der Waals surface area contributed by atoms with Gasteiger partial charge in [0.25, 0.3) is 0 Å². The van der Waals surface area contributed by atoms with Crippen molar-refractivity contribution in [3.63, 3.8) is 0 Å². The number of carbonyl (C=O) groups excluding carboxylic acids is 1. The van der Waals surface area contributed by atoms with Crippen molar-refractivity contribution in [2.24, 2.45) is 5.92 Å². The van der Waals surface area contributed by atoms with Crippen LogP contribution in [0, 0.1) is 5.92 Å². The molecule has 2 aliphatic carbocycles. The van der Waals surface area contributed by atoms with Gasteiger partial charge in [0.1, 0.15) is 0 Å². The highest BCUT2D eigenvalue weighted by molar-refractivity contribution is 5.74. The molecule has 2 rings (SSSR count). The molecule has 3 atom stereocenters. The lowest BCUT2D eigenvalue weighted by Crippen LogP contribution is -2.47. The summed E-state index contributed by atoms with van der Waals surface area (Å²) in [5, 5.41) is 15.6. The topological polar surface area (TPSA) is 61.4 Å². The van der Waals surface area contributed by atoms with Crippen LogP contribution in [0.2, 0.25) is 0 Å². The molecule has 22 heavy (non-hydrogen) atoms. The van der Waals surface area contributed by atoms with Crippen molar-refractivity contribution in [1.29, 1.82) is 0 Å². The Hall–Kier alpha value is -1.29. The number of urea groups is 1. The number of aliphatic hydroxyl groups is 1. The van der Waals surface area contributed by atoms with Crippen molar-refractivity contribution in [1.82, 2.24) is 10.6 Å². The van der Waals surface area contributed by atoms with Crippen LogP contribution in [0.1, 0.15) is 58.3 Å². The molecule has 0 radical (unpaired) electrons. The average molecular weight is 306 g/mol. The maximum absolute atomic E-state index is 11.9. The molecule has 2 aliphatic rings. The number of aliphatic hydroxyl groups excluding tert-OH is 1. The second-order valence-electron chi connectivity index (χ2n) is 6.67. The Balaban J connectivity index is 1.54. The number of rotatable bonds is 6. The molecule has 1 fully saturated rings. The fraction of sp³-hybridized carbons (Fsp3) is 0.722. The largest absolute Gasteiger partial charge is 0.393 e. The monoisotopic (exact) mass is 306 g/mol. The Morgan fingerprint density at radius 3 is 2.91 bits per heavy atom. The molecule has 3 unspecified atom stereocenters. The van der Waals surface area contributed by atoms with Crippen molar-refractivity contribution in [2.45, 2.75) is 70.4 Å². The summed E-state index contributed by atoms with van der Waals surface area (Å²) in [6.45, 7) is 2.82. The van der Waals surface area contributed by atoms with Crippen LogP contribution in [-0.2, 0) is 0 Å². The Morgan fingerprint density at radius 1 is 1.32 bits per heavy atom. The van der Waals surface area contributed by atoms with E-state index >= 15 is 0 Å². The van der Waals surface area contributed by atoms with Gasteiger partial charge in [-0.25, -0.2) is 4.79 Å². The van der Waals surface area contributed by atoms with Gasteiger partial charge in [0.2, 0.25) is 0 Å². The van der Waals surface area contributed by atoms with Gasteiger partial charge in [-0.05, 0) is 57.3 Å². The Bertz CT molecular complexity index is 417. The fourth-order valence-corrected chi connectivity index (χ4v) is 3.31. The van der Waals surface area contributed by atoms with Gasteiger partial charge in [-0.3, -0.25) is 0 Å². The predicted octanol–water partition coefficient (Wildman–Crippen LogP) is 3.28. The Labute approximate surface area is 134 Å². The SMILES string of the molecule is CC1CC(O)CCC1NC(=O)NCCCCC1=CCCC=C1. The maximum atomic E-state index is 11.9. The van der Waals surface area contributed by atoms with Crippen LogP contribution in [0.25, 0.3) is 0 Å². The second-order valence-corrected chi connectivity index (χ2v) is 6.67. The smallest absolute Gasteiger partial charge is 0.315 e. The van der Waals surface area contributed by atoms with E-state index in [4.69, 9.17) is 0 Å². The minimum Gasteiger partial charge on any atom is -0.393 e. The summed E-state index contributed by atoms with van der Waals surface area (Å²) in [4.78, 5) is 11.9. The highest BCUT2D eigenvalue weighted by Gasteiger charge is 2.27. The third kappa shape index (κ3) is 5.84. The second kappa shape index (κ2) is 8.99. The quantitative estimate of drug-likeness (QED) is 0.659. The van der Waals surface area contributed by atoms with Crippen LogP contribution >= 0.6 is 0 Å². The van der Waals surface area contributed by atoms with E-state index in [0.717, 1.165) is 45.1 Å². The van der Waals surface area contributed by atoms with Gasteiger partial charge in [-0.15, -0.1) is 0 Å². The van der Waals surface area contributed by atoms with Gasteiger partial charge < -0.3 is 15.7 Å². The Morgan fingerprint density at radius 2 is 2.18 bits per heavy atom. The van der Waals surface area contributed by atoms with E-state index in [9.17, 15) is 9.90 Å². The molecule has 0 bridgehead atoms. The lowest BCUT2D eigenvalue weighted by Gasteiger charge is -2.32. The van der Waals surface area contributed by atoms with Crippen molar-refractivity contribution in [3.8, 4) is 0 Å². The summed E-state index contributed by atoms with van der Waals surface area (Å²) in [5.74, 6) is 0.347. The van der Waals surface area contributed by atoms with Gasteiger partial charge in [0, 0.05) is 12.6 Å². The summed E-state index contributed by atoms with van der Waals surface area (Å²) in [7, 11) is 0. The molecule has 2 amide bonds. The van der Waals surface area contributed by atoms with E-state index in [2.05, 4.69) is 35.8 Å². The molecule has 0 saturated heterocycles. The summed E-state index contributed by atoms with van der Waals surface area (Å²) in [6, 6.07) is 0.131. The molecular weight excluding hydrogens is 276 g/mol. The molecule has 0 aromatic rings. The van der Waals surface area contributed by atoms with Crippen molar-refractivity contribution >= 4 is 6.03 Å². The molecule has 0 aliphatic heterocycles. The van der Waals surface area contributed by atoms with Gasteiger partial charge in [0.15, 0.2) is 0 Å². The third-order valence-corrected chi connectivity index (χ3v) is 4.71. The zero-order valence-corrected chi connectivity index (χ0v) is 13.7. The van der Waals surface area contributed by atoms with Crippen LogP contribution in [0.5, 0.6) is 0 Å².